The van der Waals surface area contributed by atoms with Gasteiger partial charge < -0.3 is 10.2 Å². The third-order valence-corrected chi connectivity index (χ3v) is 5.74. The predicted molar refractivity (Wildman–Crippen MR) is 120 cm³/mol. The van der Waals surface area contributed by atoms with Crippen molar-refractivity contribution >= 4 is 23.4 Å². The molecule has 0 spiro atoms. The fourth-order valence-electron chi connectivity index (χ4n) is 3.67. The average Bonchev–Trinajstić information content (AvgIpc) is 3.16. The van der Waals surface area contributed by atoms with Crippen molar-refractivity contribution in [3.05, 3.63) is 87.7 Å². The van der Waals surface area contributed by atoms with Crippen molar-refractivity contribution in [2.24, 2.45) is 0 Å². The number of hydrogen-bond donors (Lipinski definition) is 1. The molecule has 7 heteroatoms. The van der Waals surface area contributed by atoms with E-state index in [1.165, 1.54) is 5.56 Å². The molecule has 0 bridgehead atoms. The summed E-state index contributed by atoms with van der Waals surface area (Å²) >= 11 is 5.96. The number of carbonyl (C=O) groups excluding carboxylic acids is 2. The van der Waals surface area contributed by atoms with Gasteiger partial charge in [-0.1, -0.05) is 54.9 Å². The summed E-state index contributed by atoms with van der Waals surface area (Å²) in [7, 11) is 0. The van der Waals surface area contributed by atoms with Crippen molar-refractivity contribution in [3.8, 4) is 0 Å². The molecule has 6 nitrogen and oxygen atoms in total. The van der Waals surface area contributed by atoms with Gasteiger partial charge in [-0.2, -0.15) is 5.10 Å². The van der Waals surface area contributed by atoms with Crippen molar-refractivity contribution in [2.75, 3.05) is 6.54 Å². The van der Waals surface area contributed by atoms with E-state index in [9.17, 15) is 9.59 Å². The molecule has 2 aromatic carbocycles. The summed E-state index contributed by atoms with van der Waals surface area (Å²) in [5, 5.41) is 7.96. The van der Waals surface area contributed by atoms with Crippen LogP contribution in [0.15, 0.2) is 54.6 Å². The zero-order valence-corrected chi connectivity index (χ0v) is 18.2. The predicted octanol–water partition coefficient (Wildman–Crippen LogP) is 4.08. The molecule has 0 atom stereocenters. The van der Waals surface area contributed by atoms with Crippen LogP contribution in [0.3, 0.4) is 0 Å². The number of nitrogens with one attached hydrogen (secondary N) is 1. The van der Waals surface area contributed by atoms with Crippen LogP contribution in [0.2, 0.25) is 5.02 Å². The van der Waals surface area contributed by atoms with Crippen LogP contribution in [0.5, 0.6) is 0 Å². The van der Waals surface area contributed by atoms with Gasteiger partial charge in [0.15, 0.2) is 5.69 Å². The van der Waals surface area contributed by atoms with E-state index in [2.05, 4.69) is 29.5 Å². The van der Waals surface area contributed by atoms with E-state index >= 15 is 0 Å². The van der Waals surface area contributed by atoms with Crippen molar-refractivity contribution < 1.29 is 9.59 Å². The van der Waals surface area contributed by atoms with Crippen LogP contribution in [0.25, 0.3) is 0 Å². The molecule has 0 saturated carbocycles. The Morgan fingerprint density at radius 3 is 2.42 bits per heavy atom. The van der Waals surface area contributed by atoms with Gasteiger partial charge in [-0.25, -0.2) is 0 Å². The minimum absolute atomic E-state index is 0.117. The Kier molecular flexibility index (Phi) is 6.37. The number of aromatic nitrogens is 2. The number of hydrogen-bond acceptors (Lipinski definition) is 3. The Labute approximate surface area is 186 Å². The summed E-state index contributed by atoms with van der Waals surface area (Å²) in [6.45, 7) is 4.26. The van der Waals surface area contributed by atoms with Gasteiger partial charge in [-0.3, -0.25) is 14.3 Å². The Morgan fingerprint density at radius 1 is 1.03 bits per heavy atom. The largest absolute Gasteiger partial charge is 0.347 e. The van der Waals surface area contributed by atoms with Gasteiger partial charge in [0.1, 0.15) is 5.69 Å². The highest BCUT2D eigenvalue weighted by atomic mass is 35.5. The number of benzene rings is 2. The van der Waals surface area contributed by atoms with Gasteiger partial charge >= 0.3 is 0 Å². The molecule has 0 saturated heterocycles. The number of nitrogens with zero attached hydrogens (tertiary/aromatic N) is 3. The number of halogens is 1. The first-order valence-electron chi connectivity index (χ1n) is 10.5. The van der Waals surface area contributed by atoms with Crippen LogP contribution in [0.1, 0.15) is 51.0 Å². The molecule has 3 aromatic rings. The fraction of sp³-hybridized carbons (Fsp3) is 0.292. The Balaban J connectivity index is 1.44. The number of amides is 2. The molecule has 0 unspecified atom stereocenters. The minimum Gasteiger partial charge on any atom is -0.347 e. The first kappa shape index (κ1) is 21.1. The van der Waals surface area contributed by atoms with Gasteiger partial charge in [0.05, 0.1) is 0 Å². The molecular formula is C24H25ClN4O2. The Bertz CT molecular complexity index is 1070. The van der Waals surface area contributed by atoms with Crippen LogP contribution in [-0.2, 0) is 26.1 Å². The summed E-state index contributed by atoms with van der Waals surface area (Å²) in [6, 6.07) is 17.2. The highest BCUT2D eigenvalue weighted by Crippen LogP contribution is 2.18. The van der Waals surface area contributed by atoms with Gasteiger partial charge in [0.2, 0.25) is 0 Å². The zero-order chi connectivity index (χ0) is 21.8. The molecule has 160 valence electrons. The standard InChI is InChI=1S/C24H25ClN4O2/c1-2-17-4-6-18(7-5-17)15-26-23(30)21-14-22-24(31)28(12-3-13-29(22)27-21)16-19-8-10-20(25)11-9-19/h4-11,14H,2-3,12-13,15-16H2,1H3,(H,26,30). The van der Waals surface area contributed by atoms with Gasteiger partial charge in [0, 0.05) is 37.3 Å². The maximum absolute atomic E-state index is 13.1. The number of fused-ring (bicyclic) bond motifs is 1. The molecule has 31 heavy (non-hydrogen) atoms. The summed E-state index contributed by atoms with van der Waals surface area (Å²) in [5.74, 6) is -0.397. The minimum atomic E-state index is -0.280. The van der Waals surface area contributed by atoms with Crippen LogP contribution in [0, 0.1) is 0 Å². The second kappa shape index (κ2) is 9.35. The molecule has 0 aliphatic carbocycles. The fourth-order valence-corrected chi connectivity index (χ4v) is 3.80. The molecule has 0 fully saturated rings. The SMILES string of the molecule is CCc1ccc(CNC(=O)c2cc3n(n2)CCCN(Cc2ccc(Cl)cc2)C3=O)cc1. The van der Waals surface area contributed by atoms with Gasteiger partial charge in [-0.15, -0.1) is 0 Å². The highest BCUT2D eigenvalue weighted by Gasteiger charge is 2.26. The molecule has 1 N–H and O–H groups in total. The number of aryl methyl sites for hydroxylation is 2. The second-order valence-corrected chi connectivity index (χ2v) is 8.13. The monoisotopic (exact) mass is 436 g/mol. The van der Waals surface area contributed by atoms with E-state index < -0.39 is 0 Å². The van der Waals surface area contributed by atoms with E-state index in [1.807, 2.05) is 36.4 Å². The smallest absolute Gasteiger partial charge is 0.272 e. The molecule has 2 amide bonds. The maximum Gasteiger partial charge on any atom is 0.272 e. The van der Waals surface area contributed by atoms with Crippen molar-refractivity contribution in [2.45, 2.75) is 39.4 Å². The first-order valence-corrected chi connectivity index (χ1v) is 10.9. The van der Waals surface area contributed by atoms with E-state index in [0.29, 0.717) is 36.9 Å². The number of carbonyl (C=O) groups is 2. The third kappa shape index (κ3) is 4.97. The van der Waals surface area contributed by atoms with Crippen molar-refractivity contribution in [1.29, 1.82) is 0 Å². The molecule has 0 radical (unpaired) electrons. The molecule has 1 aliphatic rings. The third-order valence-electron chi connectivity index (χ3n) is 5.49. The highest BCUT2D eigenvalue weighted by molar-refractivity contribution is 6.30. The van der Waals surface area contributed by atoms with Gasteiger partial charge in [-0.05, 0) is 41.7 Å². The Morgan fingerprint density at radius 2 is 1.71 bits per heavy atom. The molecule has 2 heterocycles. The van der Waals surface area contributed by atoms with Crippen molar-refractivity contribution in [3.63, 3.8) is 0 Å². The van der Waals surface area contributed by atoms with E-state index in [-0.39, 0.29) is 17.5 Å². The molecule has 1 aliphatic heterocycles. The molecule has 4 rings (SSSR count). The van der Waals surface area contributed by atoms with Crippen LogP contribution in [0.4, 0.5) is 0 Å². The summed E-state index contributed by atoms with van der Waals surface area (Å²) < 4.78 is 1.65. The first-order chi connectivity index (χ1) is 15.0. The topological polar surface area (TPSA) is 67.2 Å². The molecule has 1 aromatic heterocycles. The molecular weight excluding hydrogens is 412 g/mol. The van der Waals surface area contributed by atoms with E-state index in [0.717, 1.165) is 24.0 Å². The zero-order valence-electron chi connectivity index (χ0n) is 17.5. The quantitative estimate of drug-likeness (QED) is 0.633. The van der Waals surface area contributed by atoms with Crippen LogP contribution >= 0.6 is 11.6 Å². The van der Waals surface area contributed by atoms with Crippen molar-refractivity contribution in [1.82, 2.24) is 20.0 Å². The normalized spacial score (nSPS) is 13.6. The lowest BCUT2D eigenvalue weighted by Crippen LogP contribution is -2.30. The average molecular weight is 437 g/mol. The van der Waals surface area contributed by atoms with Crippen LogP contribution < -0.4 is 5.32 Å². The van der Waals surface area contributed by atoms with E-state index in [4.69, 9.17) is 11.6 Å². The lowest BCUT2D eigenvalue weighted by Gasteiger charge is -2.20. The second-order valence-electron chi connectivity index (χ2n) is 7.70. The summed E-state index contributed by atoms with van der Waals surface area (Å²) in [4.78, 5) is 27.5. The lowest BCUT2D eigenvalue weighted by molar-refractivity contribution is 0.0745. The van der Waals surface area contributed by atoms with Gasteiger partial charge in [0.25, 0.3) is 11.8 Å². The summed E-state index contributed by atoms with van der Waals surface area (Å²) in [5.41, 5.74) is 4.01. The number of rotatable bonds is 6. The lowest BCUT2D eigenvalue weighted by atomic mass is 10.1. The van der Waals surface area contributed by atoms with E-state index in [1.54, 1.807) is 15.6 Å². The summed E-state index contributed by atoms with van der Waals surface area (Å²) in [6.07, 6.45) is 1.76. The maximum atomic E-state index is 13.1. The van der Waals surface area contributed by atoms with Crippen LogP contribution in [-0.4, -0.2) is 33.0 Å². The Hall–Kier alpha value is -3.12.